The maximum atomic E-state index is 13.8. The molecule has 1 aromatic carbocycles. The van der Waals surface area contributed by atoms with E-state index in [0.717, 1.165) is 53.1 Å². The number of nitrogens with zero attached hydrogens (tertiary/aromatic N) is 1. The van der Waals surface area contributed by atoms with Crippen molar-refractivity contribution in [1.82, 2.24) is 4.90 Å². The van der Waals surface area contributed by atoms with Gasteiger partial charge >= 0.3 is 0 Å². The van der Waals surface area contributed by atoms with Crippen LogP contribution in [0.3, 0.4) is 0 Å². The van der Waals surface area contributed by atoms with Crippen LogP contribution in [0.5, 0.6) is 11.5 Å². The lowest BCUT2D eigenvalue weighted by Gasteiger charge is -2.49. The molecule has 4 rings (SSSR count). The number of hydrogen-bond donors (Lipinski definition) is 0. The van der Waals surface area contributed by atoms with Crippen LogP contribution in [0.15, 0.2) is 47.3 Å². The van der Waals surface area contributed by atoms with Crippen LogP contribution in [-0.4, -0.2) is 37.2 Å². The number of rotatable bonds is 6. The van der Waals surface area contributed by atoms with E-state index in [0.29, 0.717) is 30.8 Å². The van der Waals surface area contributed by atoms with E-state index in [1.165, 1.54) is 0 Å². The fourth-order valence-corrected chi connectivity index (χ4v) is 6.30. The van der Waals surface area contributed by atoms with Crippen molar-refractivity contribution in [3.63, 3.8) is 0 Å². The number of benzene rings is 1. The van der Waals surface area contributed by atoms with Crippen molar-refractivity contribution in [2.24, 2.45) is 10.8 Å². The zero-order valence-electron chi connectivity index (χ0n) is 22.3. The fourth-order valence-electron chi connectivity index (χ4n) is 6.30. The zero-order valence-corrected chi connectivity index (χ0v) is 22.3. The quantitative estimate of drug-likeness (QED) is 0.461. The molecule has 0 saturated carbocycles. The summed E-state index contributed by atoms with van der Waals surface area (Å²) < 4.78 is 11.4. The summed E-state index contributed by atoms with van der Waals surface area (Å²) in [4.78, 5) is 29.9. The van der Waals surface area contributed by atoms with Crippen molar-refractivity contribution >= 4 is 11.6 Å². The van der Waals surface area contributed by atoms with Gasteiger partial charge in [0, 0.05) is 53.4 Å². The topological polar surface area (TPSA) is 55.8 Å². The number of ether oxygens (including phenoxy) is 2. The molecule has 0 radical (unpaired) electrons. The Kier molecular flexibility index (Phi) is 6.50. The first-order chi connectivity index (χ1) is 16.5. The van der Waals surface area contributed by atoms with E-state index in [1.807, 2.05) is 12.1 Å². The number of Topliss-reactive ketones (excluding diaryl/α,β-unsaturated/α-hetero) is 2. The van der Waals surface area contributed by atoms with Gasteiger partial charge < -0.3 is 14.4 Å². The van der Waals surface area contributed by atoms with Crippen molar-refractivity contribution < 1.29 is 19.1 Å². The predicted molar refractivity (Wildman–Crippen MR) is 139 cm³/mol. The van der Waals surface area contributed by atoms with Gasteiger partial charge in [0.1, 0.15) is 0 Å². The summed E-state index contributed by atoms with van der Waals surface area (Å²) in [5, 5.41) is 0. The molecule has 2 aliphatic carbocycles. The number of methoxy groups -OCH3 is 2. The van der Waals surface area contributed by atoms with E-state index in [-0.39, 0.29) is 22.4 Å². The standard InChI is InChI=1S/C30H39NO4/c1-9-11-18-12-19(13-24(34-7)28(18)35-8)25-26-20(14-29(3,4)16-22(26)32)31(10-2)21-15-30(5,6)17-23(33)27(21)25/h9,12-13,25H,1,10-11,14-17H2,2-8H3. The molecule has 0 spiro atoms. The second kappa shape index (κ2) is 9.00. The Balaban J connectivity index is 2.04. The Labute approximate surface area is 209 Å². The van der Waals surface area contributed by atoms with Crippen LogP contribution in [-0.2, 0) is 16.0 Å². The first-order valence-electron chi connectivity index (χ1n) is 12.6. The molecule has 1 aromatic rings. The normalized spacial score (nSPS) is 21.6. The number of allylic oxidation sites excluding steroid dienone is 5. The van der Waals surface area contributed by atoms with Crippen molar-refractivity contribution in [3.05, 3.63) is 58.5 Å². The highest BCUT2D eigenvalue weighted by molar-refractivity contribution is 6.06. The van der Waals surface area contributed by atoms with Crippen LogP contribution in [0.4, 0.5) is 0 Å². The summed E-state index contributed by atoms with van der Waals surface area (Å²) in [6.45, 7) is 15.4. The molecule has 5 heteroatoms. The van der Waals surface area contributed by atoms with E-state index in [9.17, 15) is 9.59 Å². The maximum Gasteiger partial charge on any atom is 0.164 e. The molecule has 0 amide bonds. The summed E-state index contributed by atoms with van der Waals surface area (Å²) in [6, 6.07) is 4.03. The first kappa shape index (κ1) is 25.3. The number of carbonyl (C=O) groups is 2. The van der Waals surface area contributed by atoms with E-state index in [4.69, 9.17) is 9.47 Å². The molecule has 1 heterocycles. The van der Waals surface area contributed by atoms with Crippen LogP contribution in [0.1, 0.15) is 77.3 Å². The smallest absolute Gasteiger partial charge is 0.164 e. The molecule has 0 unspecified atom stereocenters. The maximum absolute atomic E-state index is 13.8. The van der Waals surface area contributed by atoms with Gasteiger partial charge in [-0.15, -0.1) is 6.58 Å². The Hall–Kier alpha value is -2.82. The number of carbonyl (C=O) groups excluding carboxylic acids is 2. The average molecular weight is 478 g/mol. The third kappa shape index (κ3) is 4.34. The third-order valence-electron chi connectivity index (χ3n) is 7.61. The summed E-state index contributed by atoms with van der Waals surface area (Å²) in [7, 11) is 3.25. The Bertz CT molecular complexity index is 1100. The van der Waals surface area contributed by atoms with Gasteiger partial charge in [-0.1, -0.05) is 39.8 Å². The van der Waals surface area contributed by atoms with Gasteiger partial charge in [-0.25, -0.2) is 0 Å². The molecule has 5 nitrogen and oxygen atoms in total. The Morgan fingerprint density at radius 1 is 0.943 bits per heavy atom. The summed E-state index contributed by atoms with van der Waals surface area (Å²) in [6.07, 6.45) is 5.02. The molecule has 0 bridgehead atoms. The minimum absolute atomic E-state index is 0.119. The molecule has 1 aliphatic heterocycles. The number of hydrogen-bond acceptors (Lipinski definition) is 5. The van der Waals surface area contributed by atoms with Crippen LogP contribution >= 0.6 is 0 Å². The second-order valence-corrected chi connectivity index (χ2v) is 11.7. The van der Waals surface area contributed by atoms with Gasteiger partial charge in [0.15, 0.2) is 23.1 Å². The Morgan fingerprint density at radius 2 is 1.49 bits per heavy atom. The van der Waals surface area contributed by atoms with Gasteiger partial charge in [0.05, 0.1) is 14.2 Å². The summed E-state index contributed by atoms with van der Waals surface area (Å²) >= 11 is 0. The first-order valence-corrected chi connectivity index (χ1v) is 12.6. The highest BCUT2D eigenvalue weighted by Gasteiger charge is 2.48. The predicted octanol–water partition coefficient (Wildman–Crippen LogP) is 6.14. The molecule has 0 fully saturated rings. The molecule has 0 atom stereocenters. The molecular weight excluding hydrogens is 438 g/mol. The zero-order chi connectivity index (χ0) is 25.7. The van der Waals surface area contributed by atoms with Gasteiger partial charge in [-0.2, -0.15) is 0 Å². The second-order valence-electron chi connectivity index (χ2n) is 11.7. The number of ketones is 2. The van der Waals surface area contributed by atoms with Gasteiger partial charge in [0.2, 0.25) is 0 Å². The van der Waals surface area contributed by atoms with E-state index >= 15 is 0 Å². The van der Waals surface area contributed by atoms with Gasteiger partial charge in [-0.05, 0) is 48.6 Å². The summed E-state index contributed by atoms with van der Waals surface area (Å²) in [5.41, 5.74) is 5.36. The van der Waals surface area contributed by atoms with Crippen LogP contribution < -0.4 is 9.47 Å². The molecule has 3 aliphatic rings. The molecule has 0 N–H and O–H groups in total. The van der Waals surface area contributed by atoms with E-state index < -0.39 is 5.92 Å². The highest BCUT2D eigenvalue weighted by Crippen LogP contribution is 2.55. The monoisotopic (exact) mass is 477 g/mol. The highest BCUT2D eigenvalue weighted by atomic mass is 16.5. The third-order valence-corrected chi connectivity index (χ3v) is 7.61. The van der Waals surface area contributed by atoms with Crippen molar-refractivity contribution in [2.75, 3.05) is 20.8 Å². The van der Waals surface area contributed by atoms with Gasteiger partial charge in [0.25, 0.3) is 0 Å². The van der Waals surface area contributed by atoms with Gasteiger partial charge in [-0.3, -0.25) is 9.59 Å². The molecular formula is C30H39NO4. The van der Waals surface area contributed by atoms with E-state index in [1.54, 1.807) is 14.2 Å². The van der Waals surface area contributed by atoms with Crippen LogP contribution in [0.25, 0.3) is 0 Å². The average Bonchev–Trinajstić information content (AvgIpc) is 2.75. The lowest BCUT2D eigenvalue weighted by molar-refractivity contribution is -0.119. The SMILES string of the molecule is C=CCc1cc(C2C3=C(CC(C)(C)CC3=O)N(CC)C3=C2C(=O)CC(C)(C)C3)cc(OC)c1OC. The van der Waals surface area contributed by atoms with Crippen molar-refractivity contribution in [3.8, 4) is 11.5 Å². The molecule has 188 valence electrons. The minimum atomic E-state index is -0.390. The van der Waals surface area contributed by atoms with E-state index in [2.05, 4.69) is 52.2 Å². The molecule has 35 heavy (non-hydrogen) atoms. The molecule has 0 saturated heterocycles. The summed E-state index contributed by atoms with van der Waals surface area (Å²) in [5.74, 6) is 1.17. The lowest BCUT2D eigenvalue weighted by Crippen LogP contribution is -2.44. The lowest BCUT2D eigenvalue weighted by atomic mass is 9.63. The Morgan fingerprint density at radius 3 is 1.91 bits per heavy atom. The van der Waals surface area contributed by atoms with Crippen molar-refractivity contribution in [1.29, 1.82) is 0 Å². The van der Waals surface area contributed by atoms with Crippen LogP contribution in [0, 0.1) is 10.8 Å². The largest absolute Gasteiger partial charge is 0.493 e. The minimum Gasteiger partial charge on any atom is -0.493 e. The van der Waals surface area contributed by atoms with Crippen LogP contribution in [0.2, 0.25) is 0 Å². The van der Waals surface area contributed by atoms with Crippen molar-refractivity contribution in [2.45, 2.75) is 72.6 Å². The molecule has 0 aromatic heterocycles. The fraction of sp³-hybridized carbons (Fsp3) is 0.533.